The molecule has 1 saturated carbocycles. The van der Waals surface area contributed by atoms with Gasteiger partial charge < -0.3 is 5.32 Å². The van der Waals surface area contributed by atoms with Crippen LogP contribution in [0.15, 0.2) is 29.3 Å². The van der Waals surface area contributed by atoms with Crippen LogP contribution in [0.1, 0.15) is 51.0 Å². The van der Waals surface area contributed by atoms with Gasteiger partial charge in [-0.25, -0.2) is 4.99 Å². The van der Waals surface area contributed by atoms with Gasteiger partial charge in [0.1, 0.15) is 5.25 Å². The Morgan fingerprint density at radius 2 is 2.00 bits per heavy atom. The van der Waals surface area contributed by atoms with Gasteiger partial charge in [0.25, 0.3) is 0 Å². The van der Waals surface area contributed by atoms with E-state index < -0.39 is 17.0 Å². The van der Waals surface area contributed by atoms with Gasteiger partial charge in [0.05, 0.1) is 11.3 Å². The van der Waals surface area contributed by atoms with Crippen molar-refractivity contribution in [1.29, 1.82) is 0 Å². The van der Waals surface area contributed by atoms with Gasteiger partial charge in [-0.05, 0) is 38.0 Å². The van der Waals surface area contributed by atoms with Crippen LogP contribution in [-0.4, -0.2) is 39.7 Å². The van der Waals surface area contributed by atoms with Gasteiger partial charge in [0.2, 0.25) is 11.8 Å². The van der Waals surface area contributed by atoms with Gasteiger partial charge in [-0.3, -0.25) is 14.5 Å². The van der Waals surface area contributed by atoms with Gasteiger partial charge in [-0.15, -0.1) is 0 Å². The fraction of sp³-hybridized carbons (Fsp3) is 0.550. The molecule has 0 aromatic heterocycles. The molecule has 2 amide bonds. The normalized spacial score (nSPS) is 22.3. The average Bonchev–Trinajstić information content (AvgIpc) is 2.96. The number of nitrogens with zero attached hydrogens (tertiary/aromatic N) is 2. The Balaban J connectivity index is 1.70. The van der Waals surface area contributed by atoms with E-state index in [0.717, 1.165) is 49.6 Å². The zero-order valence-electron chi connectivity index (χ0n) is 16.2. The molecule has 1 saturated heterocycles. The number of aliphatic imine (C=N–C) groups is 1. The lowest BCUT2D eigenvalue weighted by atomic mass is 9.95. The molecule has 1 N–H and O–H groups in total. The number of carbonyl (C=O) groups is 2. The minimum atomic E-state index is -4.46. The summed E-state index contributed by atoms with van der Waals surface area (Å²) in [7, 11) is 0. The summed E-state index contributed by atoms with van der Waals surface area (Å²) in [5, 5.41) is 2.72. The maximum atomic E-state index is 12.9. The van der Waals surface area contributed by atoms with Crippen molar-refractivity contribution in [3.63, 3.8) is 0 Å². The minimum Gasteiger partial charge on any atom is -0.353 e. The molecule has 1 aromatic carbocycles. The molecule has 0 spiro atoms. The molecule has 2 aliphatic rings. The molecule has 1 aromatic rings. The van der Waals surface area contributed by atoms with Crippen LogP contribution in [0.5, 0.6) is 0 Å². The minimum absolute atomic E-state index is 0.0398. The first kappa shape index (κ1) is 21.7. The molecule has 1 aliphatic carbocycles. The Labute approximate surface area is 172 Å². The maximum absolute atomic E-state index is 12.9. The summed E-state index contributed by atoms with van der Waals surface area (Å²) in [6.45, 7) is 2.11. The number of thioether (sulfide) groups is 1. The SMILES string of the molecule is CCN1C(=O)C(CC(=O)NC2CCCCC2)SC1=Nc1cccc(C(F)(F)F)c1. The molecule has 1 aliphatic heterocycles. The van der Waals surface area contributed by atoms with Gasteiger partial charge in [-0.2, -0.15) is 13.2 Å². The van der Waals surface area contributed by atoms with E-state index in [4.69, 9.17) is 0 Å². The number of carbonyl (C=O) groups excluding carboxylic acids is 2. The number of amidine groups is 1. The molecule has 158 valence electrons. The van der Waals surface area contributed by atoms with Crippen LogP contribution in [0.3, 0.4) is 0 Å². The van der Waals surface area contributed by atoms with Crippen molar-refractivity contribution in [3.05, 3.63) is 29.8 Å². The molecule has 1 unspecified atom stereocenters. The van der Waals surface area contributed by atoms with E-state index in [2.05, 4.69) is 10.3 Å². The monoisotopic (exact) mass is 427 g/mol. The molecular weight excluding hydrogens is 403 g/mol. The summed E-state index contributed by atoms with van der Waals surface area (Å²) in [4.78, 5) is 30.7. The van der Waals surface area contributed by atoms with Gasteiger partial charge in [0.15, 0.2) is 5.17 Å². The second-order valence-corrected chi connectivity index (χ2v) is 8.41. The fourth-order valence-corrected chi connectivity index (χ4v) is 4.80. The highest BCUT2D eigenvalue weighted by molar-refractivity contribution is 8.15. The third-order valence-corrected chi connectivity index (χ3v) is 6.25. The summed E-state index contributed by atoms with van der Waals surface area (Å²) in [5.41, 5.74) is -0.666. The van der Waals surface area contributed by atoms with Crippen molar-refractivity contribution in [2.45, 2.75) is 62.9 Å². The highest BCUT2D eigenvalue weighted by atomic mass is 32.2. The standard InChI is InChI=1S/C20H24F3N3O2S/c1-2-26-18(28)16(12-17(27)24-14-8-4-3-5-9-14)29-19(26)25-15-10-6-7-13(11-15)20(21,22)23/h6-7,10-11,14,16H,2-5,8-9,12H2,1H3,(H,24,27). The Morgan fingerprint density at radius 1 is 1.28 bits per heavy atom. The average molecular weight is 427 g/mol. The van der Waals surface area contributed by atoms with Crippen molar-refractivity contribution in [2.75, 3.05) is 6.54 Å². The Hall–Kier alpha value is -2.03. The Bertz CT molecular complexity index is 791. The summed E-state index contributed by atoms with van der Waals surface area (Å²) >= 11 is 1.13. The molecule has 9 heteroatoms. The van der Waals surface area contributed by atoms with E-state index in [-0.39, 0.29) is 30.0 Å². The third-order valence-electron chi connectivity index (χ3n) is 5.08. The number of amides is 2. The third kappa shape index (κ3) is 5.52. The molecule has 3 rings (SSSR count). The molecule has 0 bridgehead atoms. The fourth-order valence-electron chi connectivity index (χ4n) is 3.58. The first-order chi connectivity index (χ1) is 13.8. The summed E-state index contributed by atoms with van der Waals surface area (Å²) in [6, 6.07) is 4.85. The zero-order chi connectivity index (χ0) is 21.0. The largest absolute Gasteiger partial charge is 0.416 e. The molecule has 5 nitrogen and oxygen atoms in total. The molecule has 1 heterocycles. The van der Waals surface area contributed by atoms with Crippen LogP contribution in [0.2, 0.25) is 0 Å². The predicted octanol–water partition coefficient (Wildman–Crippen LogP) is 4.50. The number of rotatable bonds is 5. The van der Waals surface area contributed by atoms with Gasteiger partial charge >= 0.3 is 6.18 Å². The van der Waals surface area contributed by atoms with Crippen molar-refractivity contribution in [3.8, 4) is 0 Å². The van der Waals surface area contributed by atoms with Crippen molar-refractivity contribution in [2.24, 2.45) is 4.99 Å². The van der Waals surface area contributed by atoms with E-state index >= 15 is 0 Å². The number of hydrogen-bond acceptors (Lipinski definition) is 4. The second kappa shape index (κ2) is 9.19. The first-order valence-electron chi connectivity index (χ1n) is 9.81. The molecule has 2 fully saturated rings. The van der Waals surface area contributed by atoms with Crippen LogP contribution in [-0.2, 0) is 15.8 Å². The number of halogens is 3. The summed E-state index contributed by atoms with van der Waals surface area (Å²) in [5.74, 6) is -0.402. The quantitative estimate of drug-likeness (QED) is 0.753. The predicted molar refractivity (Wildman–Crippen MR) is 107 cm³/mol. The Morgan fingerprint density at radius 3 is 2.66 bits per heavy atom. The molecule has 0 radical (unpaired) electrons. The zero-order valence-corrected chi connectivity index (χ0v) is 17.0. The lowest BCUT2D eigenvalue weighted by molar-refractivity contribution is -0.137. The first-order valence-corrected chi connectivity index (χ1v) is 10.7. The van der Waals surface area contributed by atoms with Crippen LogP contribution in [0.25, 0.3) is 0 Å². The van der Waals surface area contributed by atoms with E-state index in [1.54, 1.807) is 6.92 Å². The number of benzene rings is 1. The smallest absolute Gasteiger partial charge is 0.353 e. The van der Waals surface area contributed by atoms with Crippen molar-refractivity contribution in [1.82, 2.24) is 10.2 Å². The van der Waals surface area contributed by atoms with Crippen LogP contribution >= 0.6 is 11.8 Å². The maximum Gasteiger partial charge on any atom is 0.416 e. The van der Waals surface area contributed by atoms with Gasteiger partial charge in [-0.1, -0.05) is 37.1 Å². The van der Waals surface area contributed by atoms with Crippen molar-refractivity contribution < 1.29 is 22.8 Å². The van der Waals surface area contributed by atoms with Crippen LogP contribution < -0.4 is 5.32 Å². The highest BCUT2D eigenvalue weighted by Gasteiger charge is 2.38. The van der Waals surface area contributed by atoms with Crippen LogP contribution in [0, 0.1) is 0 Å². The summed E-state index contributed by atoms with van der Waals surface area (Å²) in [6.07, 6.45) is 0.877. The van der Waals surface area contributed by atoms with E-state index in [1.807, 2.05) is 0 Å². The highest BCUT2D eigenvalue weighted by Crippen LogP contribution is 2.34. The van der Waals surface area contributed by atoms with Crippen LogP contribution in [0.4, 0.5) is 18.9 Å². The number of alkyl halides is 3. The molecular formula is C20H24F3N3O2S. The van der Waals surface area contributed by atoms with E-state index in [9.17, 15) is 22.8 Å². The lowest BCUT2D eigenvalue weighted by Gasteiger charge is -2.23. The number of hydrogen-bond donors (Lipinski definition) is 1. The number of nitrogens with one attached hydrogen (secondary N) is 1. The lowest BCUT2D eigenvalue weighted by Crippen LogP contribution is -2.39. The van der Waals surface area contributed by atoms with E-state index in [1.165, 1.54) is 23.5 Å². The second-order valence-electron chi connectivity index (χ2n) is 7.24. The molecule has 29 heavy (non-hydrogen) atoms. The van der Waals surface area contributed by atoms with Crippen molar-refractivity contribution >= 4 is 34.4 Å². The summed E-state index contributed by atoms with van der Waals surface area (Å²) < 4.78 is 38.8. The molecule has 1 atom stereocenters. The Kier molecular flexibility index (Phi) is 6.87. The van der Waals surface area contributed by atoms with E-state index in [0.29, 0.717) is 11.7 Å². The topological polar surface area (TPSA) is 61.8 Å². The van der Waals surface area contributed by atoms with Gasteiger partial charge in [0, 0.05) is 19.0 Å².